The number of fused-ring (bicyclic) bond motifs is 1. The van der Waals surface area contributed by atoms with Gasteiger partial charge in [-0.15, -0.1) is 0 Å². The normalized spacial score (nSPS) is 17.0. The lowest BCUT2D eigenvalue weighted by Gasteiger charge is -2.29. The molecule has 0 saturated carbocycles. The average Bonchev–Trinajstić information content (AvgIpc) is 3.41. The molecular weight excluding hydrogens is 452 g/mol. The van der Waals surface area contributed by atoms with E-state index in [0.29, 0.717) is 42.7 Å². The largest absolute Gasteiger partial charge is 0.379 e. The second kappa shape index (κ2) is 9.61. The number of nitrogens with zero attached hydrogens (tertiary/aromatic N) is 4. The third-order valence-electron chi connectivity index (χ3n) is 6.16. The number of ether oxygens (including phenoxy) is 1. The molecule has 2 fully saturated rings. The number of hydrogen-bond donors (Lipinski definition) is 0. The molecule has 3 aromatic rings. The summed E-state index contributed by atoms with van der Waals surface area (Å²) < 4.78 is 6.47. The number of aromatic nitrogens is 1. The van der Waals surface area contributed by atoms with Crippen LogP contribution in [-0.4, -0.2) is 67.0 Å². The lowest BCUT2D eigenvalue weighted by molar-refractivity contribution is -0.121. The van der Waals surface area contributed by atoms with E-state index in [1.54, 1.807) is 29.2 Å². The zero-order chi connectivity index (χ0) is 23.7. The van der Waals surface area contributed by atoms with Crippen LogP contribution in [0.1, 0.15) is 28.8 Å². The summed E-state index contributed by atoms with van der Waals surface area (Å²) in [6.07, 6.45) is 0.404. The first-order chi connectivity index (χ1) is 16.5. The maximum Gasteiger partial charge on any atom is 0.260 e. The molecule has 0 spiro atoms. The number of imide groups is 1. The molecule has 3 amide bonds. The van der Waals surface area contributed by atoms with E-state index in [1.165, 1.54) is 16.2 Å². The first kappa shape index (κ1) is 22.6. The summed E-state index contributed by atoms with van der Waals surface area (Å²) in [7, 11) is 0. The molecule has 34 heavy (non-hydrogen) atoms. The Bertz CT molecular complexity index is 1230. The Labute approximate surface area is 201 Å². The number of morpholine rings is 1. The molecule has 2 aliphatic heterocycles. The molecule has 0 radical (unpaired) electrons. The van der Waals surface area contributed by atoms with Gasteiger partial charge in [0.15, 0.2) is 5.13 Å². The molecule has 2 aliphatic rings. The molecule has 0 unspecified atom stereocenters. The van der Waals surface area contributed by atoms with Crippen molar-refractivity contribution in [3.8, 4) is 0 Å². The molecule has 5 rings (SSSR count). The summed E-state index contributed by atoms with van der Waals surface area (Å²) in [5.41, 5.74) is 2.85. The van der Waals surface area contributed by atoms with E-state index >= 15 is 0 Å². The molecule has 176 valence electrons. The molecule has 3 heterocycles. The predicted octanol–water partition coefficient (Wildman–Crippen LogP) is 3.24. The van der Waals surface area contributed by atoms with Crippen LogP contribution in [0.5, 0.6) is 0 Å². The van der Waals surface area contributed by atoms with Crippen LogP contribution in [0.2, 0.25) is 0 Å². The summed E-state index contributed by atoms with van der Waals surface area (Å²) in [6.45, 7) is 6.25. The van der Waals surface area contributed by atoms with Crippen molar-refractivity contribution in [3.05, 3.63) is 53.6 Å². The number of amides is 3. The van der Waals surface area contributed by atoms with Gasteiger partial charge >= 0.3 is 0 Å². The van der Waals surface area contributed by atoms with Crippen molar-refractivity contribution >= 4 is 50.1 Å². The molecule has 0 atom stereocenters. The smallest absolute Gasteiger partial charge is 0.260 e. The highest BCUT2D eigenvalue weighted by atomic mass is 32.1. The highest BCUT2D eigenvalue weighted by molar-refractivity contribution is 7.22. The highest BCUT2D eigenvalue weighted by Crippen LogP contribution is 2.31. The number of carbonyl (C=O) groups excluding carboxylic acids is 3. The van der Waals surface area contributed by atoms with Crippen LogP contribution in [0.4, 0.5) is 10.8 Å². The SMILES string of the molecule is Cc1ccc2nc(N(CCN3CCOCC3)C(=O)c3cccc(N4C(=O)CCC4=O)c3)sc2c1. The Morgan fingerprint density at radius 3 is 2.62 bits per heavy atom. The minimum absolute atomic E-state index is 0.202. The second-order valence-corrected chi connectivity index (χ2v) is 9.56. The Hall–Kier alpha value is -3.14. The molecule has 8 nitrogen and oxygen atoms in total. The summed E-state index contributed by atoms with van der Waals surface area (Å²) in [5, 5.41) is 0.637. The second-order valence-electron chi connectivity index (χ2n) is 8.55. The van der Waals surface area contributed by atoms with E-state index in [1.807, 2.05) is 19.1 Å². The van der Waals surface area contributed by atoms with E-state index in [-0.39, 0.29) is 30.6 Å². The molecule has 1 aromatic heterocycles. The fourth-order valence-electron chi connectivity index (χ4n) is 4.28. The standard InChI is InChI=1S/C25H26N4O4S/c1-17-5-6-20-21(15-17)34-25(26-20)28(10-9-27-11-13-33-14-12-27)24(32)18-3-2-4-19(16-18)29-22(30)7-8-23(29)31/h2-6,15-16H,7-14H2,1H3. The van der Waals surface area contributed by atoms with Crippen LogP contribution >= 0.6 is 11.3 Å². The van der Waals surface area contributed by atoms with Crippen molar-refractivity contribution in [2.24, 2.45) is 0 Å². The Morgan fingerprint density at radius 1 is 1.09 bits per heavy atom. The molecule has 2 aromatic carbocycles. The Balaban J connectivity index is 1.46. The van der Waals surface area contributed by atoms with Crippen LogP contribution in [0.3, 0.4) is 0 Å². The molecule has 0 N–H and O–H groups in total. The Morgan fingerprint density at radius 2 is 1.85 bits per heavy atom. The third kappa shape index (κ3) is 4.59. The van der Waals surface area contributed by atoms with Crippen LogP contribution in [0.25, 0.3) is 10.2 Å². The van der Waals surface area contributed by atoms with Crippen molar-refractivity contribution in [1.82, 2.24) is 9.88 Å². The van der Waals surface area contributed by atoms with Crippen LogP contribution in [0, 0.1) is 6.92 Å². The lowest BCUT2D eigenvalue weighted by Crippen LogP contribution is -2.43. The minimum atomic E-state index is -0.236. The number of aryl methyl sites for hydroxylation is 1. The average molecular weight is 479 g/mol. The van der Waals surface area contributed by atoms with Crippen molar-refractivity contribution in [1.29, 1.82) is 0 Å². The van der Waals surface area contributed by atoms with Gasteiger partial charge in [-0.1, -0.05) is 23.5 Å². The zero-order valence-electron chi connectivity index (χ0n) is 19.0. The quantitative estimate of drug-likeness (QED) is 0.506. The number of hydrogen-bond acceptors (Lipinski definition) is 7. The van der Waals surface area contributed by atoms with E-state index < -0.39 is 0 Å². The van der Waals surface area contributed by atoms with Crippen molar-refractivity contribution in [2.75, 3.05) is 49.2 Å². The van der Waals surface area contributed by atoms with Crippen molar-refractivity contribution in [2.45, 2.75) is 19.8 Å². The number of rotatable bonds is 6. The van der Waals surface area contributed by atoms with Crippen molar-refractivity contribution in [3.63, 3.8) is 0 Å². The van der Waals surface area contributed by atoms with Gasteiger partial charge in [-0.3, -0.25) is 29.1 Å². The fourth-order valence-corrected chi connectivity index (χ4v) is 5.37. The van der Waals surface area contributed by atoms with Crippen molar-refractivity contribution < 1.29 is 19.1 Å². The van der Waals surface area contributed by atoms with Gasteiger partial charge in [0, 0.05) is 44.6 Å². The number of anilines is 2. The molecule has 0 aliphatic carbocycles. The maximum atomic E-state index is 13.8. The van der Waals surface area contributed by atoms with E-state index in [0.717, 1.165) is 28.9 Å². The summed E-state index contributed by atoms with van der Waals surface area (Å²) in [6, 6.07) is 12.8. The summed E-state index contributed by atoms with van der Waals surface area (Å²) in [4.78, 5) is 48.1. The summed E-state index contributed by atoms with van der Waals surface area (Å²) >= 11 is 1.49. The van der Waals surface area contributed by atoms with Gasteiger partial charge in [0.1, 0.15) is 0 Å². The van der Waals surface area contributed by atoms with Crippen LogP contribution in [-0.2, 0) is 14.3 Å². The van der Waals surface area contributed by atoms with Gasteiger partial charge in [-0.05, 0) is 42.8 Å². The van der Waals surface area contributed by atoms with Gasteiger partial charge in [0.2, 0.25) is 11.8 Å². The third-order valence-corrected chi connectivity index (χ3v) is 7.20. The number of thiazole rings is 1. The first-order valence-corrected chi connectivity index (χ1v) is 12.3. The fraction of sp³-hybridized carbons (Fsp3) is 0.360. The number of benzene rings is 2. The van der Waals surface area contributed by atoms with Gasteiger partial charge in [0.25, 0.3) is 5.91 Å². The molecule has 0 bridgehead atoms. The van der Waals surface area contributed by atoms with Gasteiger partial charge in [-0.25, -0.2) is 4.98 Å². The zero-order valence-corrected chi connectivity index (χ0v) is 19.8. The topological polar surface area (TPSA) is 83.1 Å². The van der Waals surface area contributed by atoms with Gasteiger partial charge in [-0.2, -0.15) is 0 Å². The first-order valence-electron chi connectivity index (χ1n) is 11.4. The summed E-state index contributed by atoms with van der Waals surface area (Å²) in [5.74, 6) is -0.675. The molecule has 9 heteroatoms. The lowest BCUT2D eigenvalue weighted by atomic mass is 10.1. The van der Waals surface area contributed by atoms with Crippen LogP contribution in [0.15, 0.2) is 42.5 Å². The number of carbonyl (C=O) groups is 3. The monoisotopic (exact) mass is 478 g/mol. The Kier molecular flexibility index (Phi) is 6.40. The van der Waals surface area contributed by atoms with Crippen LogP contribution < -0.4 is 9.80 Å². The molecular formula is C25H26N4O4S. The minimum Gasteiger partial charge on any atom is -0.379 e. The van der Waals surface area contributed by atoms with E-state index in [4.69, 9.17) is 9.72 Å². The van der Waals surface area contributed by atoms with E-state index in [9.17, 15) is 14.4 Å². The highest BCUT2D eigenvalue weighted by Gasteiger charge is 2.31. The predicted molar refractivity (Wildman–Crippen MR) is 131 cm³/mol. The van der Waals surface area contributed by atoms with Gasteiger partial charge in [0.05, 0.1) is 29.1 Å². The molecule has 2 saturated heterocycles. The maximum absolute atomic E-state index is 13.8. The van der Waals surface area contributed by atoms with E-state index in [2.05, 4.69) is 11.0 Å². The van der Waals surface area contributed by atoms with Gasteiger partial charge < -0.3 is 4.74 Å².